The van der Waals surface area contributed by atoms with Gasteiger partial charge < -0.3 is 5.11 Å². The molecule has 0 aromatic carbocycles. The van der Waals surface area contributed by atoms with E-state index in [2.05, 4.69) is 4.72 Å². The van der Waals surface area contributed by atoms with Crippen LogP contribution in [0.1, 0.15) is 20.3 Å². The molecule has 0 aliphatic rings. The standard InChI is InChI=1S/C6H15NO2S/c1-6(2)10(9)7-4-3-5-8/h6-8H,3-5H2,1-2H3. The third-order valence-corrected chi connectivity index (χ3v) is 2.35. The SMILES string of the molecule is CC(C)S(=O)NCCCO. The first-order valence-electron chi connectivity index (χ1n) is 3.43. The number of aliphatic hydroxyl groups is 1. The highest BCUT2D eigenvalue weighted by molar-refractivity contribution is 7.83. The summed E-state index contributed by atoms with van der Waals surface area (Å²) in [6.45, 7) is 4.56. The number of aliphatic hydroxyl groups excluding tert-OH is 1. The minimum Gasteiger partial charge on any atom is -0.396 e. The van der Waals surface area contributed by atoms with Crippen LogP contribution in [0.4, 0.5) is 0 Å². The molecule has 3 nitrogen and oxygen atoms in total. The summed E-state index contributed by atoms with van der Waals surface area (Å²) in [6.07, 6.45) is 0.665. The van der Waals surface area contributed by atoms with Gasteiger partial charge in [0, 0.05) is 18.4 Å². The van der Waals surface area contributed by atoms with Gasteiger partial charge in [-0.25, -0.2) is 8.93 Å². The van der Waals surface area contributed by atoms with Crippen LogP contribution in [0.2, 0.25) is 0 Å². The third-order valence-electron chi connectivity index (χ3n) is 1.01. The fourth-order valence-electron chi connectivity index (χ4n) is 0.418. The second-order valence-corrected chi connectivity index (χ2v) is 4.14. The maximum absolute atomic E-state index is 10.9. The number of hydrogen-bond acceptors (Lipinski definition) is 2. The van der Waals surface area contributed by atoms with Gasteiger partial charge in [-0.15, -0.1) is 0 Å². The van der Waals surface area contributed by atoms with Crippen molar-refractivity contribution in [2.45, 2.75) is 25.5 Å². The molecule has 0 aromatic rings. The lowest BCUT2D eigenvalue weighted by Gasteiger charge is -2.05. The molecule has 0 aliphatic carbocycles. The Kier molecular flexibility index (Phi) is 5.87. The largest absolute Gasteiger partial charge is 0.396 e. The van der Waals surface area contributed by atoms with Gasteiger partial charge in [-0.3, -0.25) is 0 Å². The average molecular weight is 165 g/mol. The molecule has 10 heavy (non-hydrogen) atoms. The van der Waals surface area contributed by atoms with Crippen LogP contribution in [0.15, 0.2) is 0 Å². The second-order valence-electron chi connectivity index (χ2n) is 2.32. The first-order valence-corrected chi connectivity index (χ1v) is 4.64. The van der Waals surface area contributed by atoms with Gasteiger partial charge in [0.1, 0.15) is 0 Å². The van der Waals surface area contributed by atoms with Crippen LogP contribution in [0, 0.1) is 0 Å². The summed E-state index contributed by atoms with van der Waals surface area (Å²) in [4.78, 5) is 0. The summed E-state index contributed by atoms with van der Waals surface area (Å²) in [5.41, 5.74) is 0. The molecule has 0 bridgehead atoms. The molecular formula is C6H15NO2S. The van der Waals surface area contributed by atoms with Crippen LogP contribution in [-0.2, 0) is 11.0 Å². The first-order chi connectivity index (χ1) is 4.68. The van der Waals surface area contributed by atoms with E-state index < -0.39 is 11.0 Å². The van der Waals surface area contributed by atoms with E-state index in [1.54, 1.807) is 0 Å². The normalized spacial score (nSPS) is 14.0. The van der Waals surface area contributed by atoms with Gasteiger partial charge in [-0.05, 0) is 20.3 Å². The maximum Gasteiger partial charge on any atom is 0.0941 e. The third kappa shape index (κ3) is 4.90. The van der Waals surface area contributed by atoms with Gasteiger partial charge in [-0.1, -0.05) is 0 Å². The zero-order valence-electron chi connectivity index (χ0n) is 6.46. The van der Waals surface area contributed by atoms with Crippen LogP contribution < -0.4 is 4.72 Å². The number of rotatable bonds is 5. The monoisotopic (exact) mass is 165 g/mol. The van der Waals surface area contributed by atoms with Crippen LogP contribution in [0.25, 0.3) is 0 Å². The maximum atomic E-state index is 10.9. The predicted octanol–water partition coefficient (Wildman–Crippen LogP) is 0.0305. The Bertz CT molecular complexity index is 106. The molecule has 0 radical (unpaired) electrons. The van der Waals surface area contributed by atoms with Gasteiger partial charge in [0.2, 0.25) is 0 Å². The van der Waals surface area contributed by atoms with Crippen molar-refractivity contribution >= 4 is 11.0 Å². The lowest BCUT2D eigenvalue weighted by Crippen LogP contribution is -2.25. The minimum absolute atomic E-state index is 0.152. The van der Waals surface area contributed by atoms with E-state index in [9.17, 15) is 4.21 Å². The van der Waals surface area contributed by atoms with Gasteiger partial charge in [0.25, 0.3) is 0 Å². The predicted molar refractivity (Wildman–Crippen MR) is 43.0 cm³/mol. The molecule has 0 rings (SSSR count). The molecular weight excluding hydrogens is 150 g/mol. The molecule has 1 unspecified atom stereocenters. The highest BCUT2D eigenvalue weighted by Crippen LogP contribution is 1.88. The summed E-state index contributed by atoms with van der Waals surface area (Å²) in [7, 11) is -0.934. The highest BCUT2D eigenvalue weighted by atomic mass is 32.2. The van der Waals surface area contributed by atoms with Crippen molar-refractivity contribution in [3.63, 3.8) is 0 Å². The van der Waals surface area contributed by atoms with Crippen LogP contribution in [0.5, 0.6) is 0 Å². The Labute approximate surface area is 64.4 Å². The Morgan fingerprint density at radius 2 is 2.20 bits per heavy atom. The van der Waals surface area contributed by atoms with Crippen molar-refractivity contribution in [3.05, 3.63) is 0 Å². The second kappa shape index (κ2) is 5.82. The zero-order valence-corrected chi connectivity index (χ0v) is 7.28. The molecule has 62 valence electrons. The summed E-state index contributed by atoms with van der Waals surface area (Å²) in [6, 6.07) is 0. The van der Waals surface area contributed by atoms with Crippen molar-refractivity contribution in [2.75, 3.05) is 13.2 Å². The van der Waals surface area contributed by atoms with Crippen LogP contribution in [-0.4, -0.2) is 27.7 Å². The van der Waals surface area contributed by atoms with E-state index in [0.29, 0.717) is 13.0 Å². The van der Waals surface area contributed by atoms with Crippen LogP contribution in [0.3, 0.4) is 0 Å². The van der Waals surface area contributed by atoms with Gasteiger partial charge >= 0.3 is 0 Å². The van der Waals surface area contributed by atoms with E-state index in [0.717, 1.165) is 0 Å². The van der Waals surface area contributed by atoms with E-state index >= 15 is 0 Å². The molecule has 0 aromatic heterocycles. The van der Waals surface area contributed by atoms with Crippen molar-refractivity contribution < 1.29 is 9.32 Å². The summed E-state index contributed by atoms with van der Waals surface area (Å²) >= 11 is 0. The molecule has 0 aliphatic heterocycles. The highest BCUT2D eigenvalue weighted by Gasteiger charge is 2.01. The Balaban J connectivity index is 3.22. The van der Waals surface area contributed by atoms with E-state index in [4.69, 9.17) is 5.11 Å². The van der Waals surface area contributed by atoms with Crippen molar-refractivity contribution in [1.29, 1.82) is 0 Å². The Morgan fingerprint density at radius 3 is 2.60 bits per heavy atom. The lowest BCUT2D eigenvalue weighted by molar-refractivity contribution is 0.289. The fourth-order valence-corrected chi connectivity index (χ4v) is 1.10. The Morgan fingerprint density at radius 1 is 1.60 bits per heavy atom. The zero-order chi connectivity index (χ0) is 7.98. The van der Waals surface area contributed by atoms with Crippen molar-refractivity contribution in [3.8, 4) is 0 Å². The van der Waals surface area contributed by atoms with Gasteiger partial charge in [0.05, 0.1) is 11.0 Å². The fraction of sp³-hybridized carbons (Fsp3) is 1.00. The molecule has 0 saturated heterocycles. The van der Waals surface area contributed by atoms with E-state index in [1.807, 2.05) is 13.8 Å². The van der Waals surface area contributed by atoms with Gasteiger partial charge in [-0.2, -0.15) is 0 Å². The van der Waals surface area contributed by atoms with E-state index in [-0.39, 0.29) is 11.9 Å². The quantitative estimate of drug-likeness (QED) is 0.565. The molecule has 0 spiro atoms. The minimum atomic E-state index is -0.934. The lowest BCUT2D eigenvalue weighted by atomic mass is 10.5. The van der Waals surface area contributed by atoms with E-state index in [1.165, 1.54) is 0 Å². The number of hydrogen-bond donors (Lipinski definition) is 2. The summed E-state index contributed by atoms with van der Waals surface area (Å²) in [5, 5.41) is 8.53. The van der Waals surface area contributed by atoms with Crippen LogP contribution >= 0.6 is 0 Å². The number of nitrogens with one attached hydrogen (secondary N) is 1. The molecule has 0 amide bonds. The molecule has 1 atom stereocenters. The van der Waals surface area contributed by atoms with Crippen molar-refractivity contribution in [2.24, 2.45) is 0 Å². The van der Waals surface area contributed by atoms with Gasteiger partial charge in [0.15, 0.2) is 0 Å². The molecule has 0 heterocycles. The molecule has 0 fully saturated rings. The molecule has 4 heteroatoms. The summed E-state index contributed by atoms with van der Waals surface area (Å²) in [5.74, 6) is 0. The summed E-state index contributed by atoms with van der Waals surface area (Å²) < 4.78 is 13.7. The molecule has 0 saturated carbocycles. The van der Waals surface area contributed by atoms with Crippen molar-refractivity contribution in [1.82, 2.24) is 4.72 Å². The topological polar surface area (TPSA) is 49.3 Å². The first kappa shape index (κ1) is 10.1. The average Bonchev–Trinajstić information content (AvgIpc) is 1.88. The Hall–Kier alpha value is 0.0700. The molecule has 2 N–H and O–H groups in total. The smallest absolute Gasteiger partial charge is 0.0941 e.